The summed E-state index contributed by atoms with van der Waals surface area (Å²) < 4.78 is 6.02. The number of aryl methyl sites for hydroxylation is 1. The summed E-state index contributed by atoms with van der Waals surface area (Å²) in [6, 6.07) is 14.6. The van der Waals surface area contributed by atoms with Crippen molar-refractivity contribution in [2.45, 2.75) is 19.9 Å². The van der Waals surface area contributed by atoms with Gasteiger partial charge < -0.3 is 10.1 Å². The van der Waals surface area contributed by atoms with Gasteiger partial charge in [-0.05, 0) is 43.7 Å². The summed E-state index contributed by atoms with van der Waals surface area (Å²) in [4.78, 5) is 23.8. The molecule has 5 heteroatoms. The van der Waals surface area contributed by atoms with E-state index in [1.165, 1.54) is 0 Å². The van der Waals surface area contributed by atoms with Crippen molar-refractivity contribution in [3.8, 4) is 0 Å². The third-order valence-corrected chi connectivity index (χ3v) is 3.86. The molecule has 120 valence electrons. The van der Waals surface area contributed by atoms with Crippen LogP contribution in [-0.4, -0.2) is 18.5 Å². The van der Waals surface area contributed by atoms with Crippen molar-refractivity contribution >= 4 is 27.8 Å². The van der Waals surface area contributed by atoms with Crippen molar-refractivity contribution in [1.82, 2.24) is 5.32 Å². The molecule has 1 N–H and O–H groups in total. The Bertz CT molecular complexity index is 698. The smallest absolute Gasteiger partial charge is 0.338 e. The monoisotopic (exact) mass is 375 g/mol. The molecule has 0 saturated heterocycles. The van der Waals surface area contributed by atoms with Crippen LogP contribution >= 0.6 is 15.9 Å². The number of hydrogen-bond donors (Lipinski definition) is 1. The van der Waals surface area contributed by atoms with E-state index in [0.29, 0.717) is 5.56 Å². The molecule has 0 unspecified atom stereocenters. The molecule has 0 fully saturated rings. The molecule has 0 bridgehead atoms. The molecule has 2 aromatic carbocycles. The summed E-state index contributed by atoms with van der Waals surface area (Å²) in [6.07, 6.45) is 0. The molecule has 2 rings (SSSR count). The van der Waals surface area contributed by atoms with Gasteiger partial charge in [-0.25, -0.2) is 4.79 Å². The van der Waals surface area contributed by atoms with Crippen LogP contribution in [0.5, 0.6) is 0 Å². The van der Waals surface area contributed by atoms with E-state index in [9.17, 15) is 9.59 Å². The third kappa shape index (κ3) is 5.21. The van der Waals surface area contributed by atoms with Crippen molar-refractivity contribution < 1.29 is 14.3 Å². The number of nitrogens with one attached hydrogen (secondary N) is 1. The van der Waals surface area contributed by atoms with Crippen LogP contribution in [0.4, 0.5) is 0 Å². The van der Waals surface area contributed by atoms with Gasteiger partial charge in [0.05, 0.1) is 11.6 Å². The number of ether oxygens (including phenoxy) is 1. The molecule has 0 aliphatic rings. The molecular formula is C18H18BrNO3. The summed E-state index contributed by atoms with van der Waals surface area (Å²) >= 11 is 3.37. The maximum Gasteiger partial charge on any atom is 0.338 e. The van der Waals surface area contributed by atoms with Gasteiger partial charge in [0.1, 0.15) is 0 Å². The molecule has 0 aliphatic heterocycles. The molecule has 23 heavy (non-hydrogen) atoms. The van der Waals surface area contributed by atoms with Gasteiger partial charge in [-0.1, -0.05) is 45.8 Å². The lowest BCUT2D eigenvalue weighted by molar-refractivity contribution is -0.124. The van der Waals surface area contributed by atoms with Crippen LogP contribution in [0.1, 0.15) is 34.5 Å². The third-order valence-electron chi connectivity index (χ3n) is 3.34. The molecule has 0 heterocycles. The highest BCUT2D eigenvalue weighted by Crippen LogP contribution is 2.16. The zero-order valence-corrected chi connectivity index (χ0v) is 14.6. The average molecular weight is 376 g/mol. The lowest BCUT2D eigenvalue weighted by atomic mass is 10.1. The number of amides is 1. The van der Waals surface area contributed by atoms with E-state index in [0.717, 1.165) is 15.6 Å². The first-order valence-corrected chi connectivity index (χ1v) is 8.03. The van der Waals surface area contributed by atoms with Crippen molar-refractivity contribution in [1.29, 1.82) is 0 Å². The standard InChI is InChI=1S/C18H18BrNO3/c1-12-4-3-5-15(10-12)18(22)23-11-17(21)20-13(2)14-6-8-16(19)9-7-14/h3-10,13H,11H2,1-2H3,(H,20,21)/t13-/m0/s1. The second-order valence-electron chi connectivity index (χ2n) is 5.29. The minimum absolute atomic E-state index is 0.159. The van der Waals surface area contributed by atoms with Crippen molar-refractivity contribution in [3.05, 3.63) is 69.7 Å². The number of halogens is 1. The number of carbonyl (C=O) groups excluding carboxylic acids is 2. The first-order chi connectivity index (χ1) is 11.0. The van der Waals surface area contributed by atoms with Gasteiger partial charge in [0, 0.05) is 4.47 Å². The zero-order valence-electron chi connectivity index (χ0n) is 13.0. The number of carbonyl (C=O) groups is 2. The summed E-state index contributed by atoms with van der Waals surface area (Å²) in [6.45, 7) is 3.47. The Kier molecular flexibility index (Phi) is 5.93. The Morgan fingerprint density at radius 2 is 1.87 bits per heavy atom. The highest BCUT2D eigenvalue weighted by atomic mass is 79.9. The van der Waals surface area contributed by atoms with Crippen molar-refractivity contribution in [3.63, 3.8) is 0 Å². The van der Waals surface area contributed by atoms with E-state index in [-0.39, 0.29) is 18.6 Å². The molecule has 0 aromatic heterocycles. The number of hydrogen-bond acceptors (Lipinski definition) is 3. The quantitative estimate of drug-likeness (QED) is 0.808. The Hall–Kier alpha value is -2.14. The van der Waals surface area contributed by atoms with Crippen LogP contribution in [0.2, 0.25) is 0 Å². The normalized spacial score (nSPS) is 11.6. The molecule has 0 spiro atoms. The van der Waals surface area contributed by atoms with Crippen LogP contribution in [-0.2, 0) is 9.53 Å². The van der Waals surface area contributed by atoms with Gasteiger partial charge in [0.25, 0.3) is 5.91 Å². The fourth-order valence-electron chi connectivity index (χ4n) is 2.10. The predicted molar refractivity (Wildman–Crippen MR) is 92.2 cm³/mol. The average Bonchev–Trinajstić information content (AvgIpc) is 2.53. The van der Waals surface area contributed by atoms with E-state index >= 15 is 0 Å². The van der Waals surface area contributed by atoms with E-state index < -0.39 is 5.97 Å². The van der Waals surface area contributed by atoms with Crippen molar-refractivity contribution in [2.75, 3.05) is 6.61 Å². The van der Waals surface area contributed by atoms with Crippen LogP contribution in [0.15, 0.2) is 53.0 Å². The predicted octanol–water partition coefficient (Wildman–Crippen LogP) is 3.79. The Morgan fingerprint density at radius 3 is 2.52 bits per heavy atom. The highest BCUT2D eigenvalue weighted by molar-refractivity contribution is 9.10. The van der Waals surface area contributed by atoms with Gasteiger partial charge in [0.15, 0.2) is 6.61 Å². The van der Waals surface area contributed by atoms with Gasteiger partial charge in [-0.2, -0.15) is 0 Å². The summed E-state index contributed by atoms with van der Waals surface area (Å²) in [5.74, 6) is -0.832. The maximum atomic E-state index is 11.9. The number of benzene rings is 2. The van der Waals surface area contributed by atoms with Crippen LogP contribution in [0, 0.1) is 6.92 Å². The molecular weight excluding hydrogens is 358 g/mol. The topological polar surface area (TPSA) is 55.4 Å². The molecule has 1 amide bonds. The highest BCUT2D eigenvalue weighted by Gasteiger charge is 2.13. The van der Waals surface area contributed by atoms with Gasteiger partial charge >= 0.3 is 5.97 Å². The summed E-state index contributed by atoms with van der Waals surface area (Å²) in [7, 11) is 0. The SMILES string of the molecule is Cc1cccc(C(=O)OCC(=O)N[C@@H](C)c2ccc(Br)cc2)c1. The Labute approximate surface area is 144 Å². The summed E-state index contributed by atoms with van der Waals surface area (Å²) in [5.41, 5.74) is 2.39. The number of rotatable bonds is 5. The molecule has 0 radical (unpaired) electrons. The second kappa shape index (κ2) is 7.92. The minimum atomic E-state index is -0.500. The minimum Gasteiger partial charge on any atom is -0.452 e. The molecule has 4 nitrogen and oxygen atoms in total. The number of esters is 1. The van der Waals surface area contributed by atoms with Crippen LogP contribution < -0.4 is 5.32 Å². The fourth-order valence-corrected chi connectivity index (χ4v) is 2.37. The van der Waals surface area contributed by atoms with Crippen LogP contribution in [0.3, 0.4) is 0 Å². The first kappa shape index (κ1) is 17.2. The van der Waals surface area contributed by atoms with Gasteiger partial charge in [-0.15, -0.1) is 0 Å². The van der Waals surface area contributed by atoms with Crippen molar-refractivity contribution in [2.24, 2.45) is 0 Å². The van der Waals surface area contributed by atoms with E-state index in [1.807, 2.05) is 44.2 Å². The lowest BCUT2D eigenvalue weighted by Gasteiger charge is -2.14. The summed E-state index contributed by atoms with van der Waals surface area (Å²) in [5, 5.41) is 2.80. The second-order valence-corrected chi connectivity index (χ2v) is 6.20. The van der Waals surface area contributed by atoms with E-state index in [1.54, 1.807) is 18.2 Å². The van der Waals surface area contributed by atoms with E-state index in [2.05, 4.69) is 21.2 Å². The van der Waals surface area contributed by atoms with Crippen LogP contribution in [0.25, 0.3) is 0 Å². The first-order valence-electron chi connectivity index (χ1n) is 7.24. The zero-order chi connectivity index (χ0) is 16.8. The maximum absolute atomic E-state index is 11.9. The molecule has 0 aliphatic carbocycles. The van der Waals surface area contributed by atoms with Gasteiger partial charge in [-0.3, -0.25) is 4.79 Å². The largest absolute Gasteiger partial charge is 0.452 e. The molecule has 1 atom stereocenters. The fraction of sp³-hybridized carbons (Fsp3) is 0.222. The molecule has 2 aromatic rings. The molecule has 0 saturated carbocycles. The lowest BCUT2D eigenvalue weighted by Crippen LogP contribution is -2.31. The Morgan fingerprint density at radius 1 is 1.17 bits per heavy atom. The van der Waals surface area contributed by atoms with Gasteiger partial charge in [0.2, 0.25) is 0 Å². The Balaban J connectivity index is 1.85. The van der Waals surface area contributed by atoms with E-state index in [4.69, 9.17) is 4.74 Å².